The number of nitrogen functional groups attached to an aromatic ring is 1. The van der Waals surface area contributed by atoms with Gasteiger partial charge in [0.1, 0.15) is 29.9 Å². The van der Waals surface area contributed by atoms with Crippen molar-refractivity contribution in [2.75, 3.05) is 56.5 Å². The van der Waals surface area contributed by atoms with Crippen molar-refractivity contribution in [2.45, 2.75) is 43.1 Å². The van der Waals surface area contributed by atoms with Crippen molar-refractivity contribution in [1.82, 2.24) is 30.5 Å². The fourth-order valence-electron chi connectivity index (χ4n) is 7.45. The van der Waals surface area contributed by atoms with Crippen LogP contribution in [-0.2, 0) is 0 Å². The molecule has 4 aliphatic heterocycles. The fourth-order valence-corrected chi connectivity index (χ4v) is 8.51. The van der Waals surface area contributed by atoms with E-state index in [1.165, 1.54) is 12.1 Å². The molecule has 0 spiro atoms. The summed E-state index contributed by atoms with van der Waals surface area (Å²) in [4.78, 5) is 18.0. The fraction of sp³-hybridized carbons (Fsp3) is 0.483. The third-order valence-electron chi connectivity index (χ3n) is 9.29. The number of nitrogens with two attached hydrogens (primary N) is 1. The van der Waals surface area contributed by atoms with Gasteiger partial charge in [0, 0.05) is 67.7 Å². The number of nitrogens with zero attached hydrogens (tertiary/aromatic N) is 5. The molecule has 0 saturated carbocycles. The Bertz CT molecular complexity index is 1750. The molecule has 4 saturated heterocycles. The van der Waals surface area contributed by atoms with Crippen LogP contribution in [-0.4, -0.2) is 89.5 Å². The van der Waals surface area contributed by atoms with Crippen LogP contribution in [0, 0.1) is 11.6 Å². The minimum Gasteiger partial charge on any atom is -0.461 e. The lowest BCUT2D eigenvalue weighted by Gasteiger charge is -2.43. The van der Waals surface area contributed by atoms with Gasteiger partial charge in [-0.25, -0.2) is 18.2 Å². The maximum Gasteiger partial charge on any atom is 0.319 e. The maximum atomic E-state index is 16.7. The highest BCUT2D eigenvalue weighted by Crippen LogP contribution is 2.44. The molecule has 2 aromatic carbocycles. The molecule has 4 fully saturated rings. The molecule has 43 heavy (non-hydrogen) atoms. The molecular weight excluding hydrogens is 601 g/mol. The molecular formula is C29H30ClF3N8OS. The number of ether oxygens (including phenoxy) is 1. The molecule has 2 bridgehead atoms. The van der Waals surface area contributed by atoms with Gasteiger partial charge in [-0.1, -0.05) is 22.9 Å². The summed E-state index contributed by atoms with van der Waals surface area (Å²) in [6, 6.07) is 4.79. The standard InChI is InChI=1S/C29H30ClF3N8OS/c30-19-6-18-23(22(33)21(19)17-2-3-20(32)25-24(17)37-27(34)43-25)38-28(42-13-29-4-1-5-41(29)10-14(31)7-29)39-26(18)40-11-15-8-35-9-16(12-40)36-15/h2-3,6,14-16,35-36H,1,4-5,7-13H2,(H2,34,37)/t14-,15?,16?,29+/m1/s1. The van der Waals surface area contributed by atoms with E-state index >= 15 is 4.39 Å². The number of hydrogen-bond donors (Lipinski definition) is 3. The van der Waals surface area contributed by atoms with Crippen LogP contribution in [0.3, 0.4) is 0 Å². The van der Waals surface area contributed by atoms with Gasteiger partial charge in [-0.3, -0.25) is 4.90 Å². The molecule has 14 heteroatoms. The van der Waals surface area contributed by atoms with Gasteiger partial charge in [0.05, 0.1) is 20.8 Å². The van der Waals surface area contributed by atoms with Gasteiger partial charge in [-0.05, 0) is 37.6 Å². The van der Waals surface area contributed by atoms with Crippen molar-refractivity contribution < 1.29 is 17.9 Å². The number of thiazole rings is 1. The molecule has 0 aliphatic carbocycles. The Kier molecular flexibility index (Phi) is 6.60. The van der Waals surface area contributed by atoms with E-state index in [0.29, 0.717) is 42.8 Å². The molecule has 6 heterocycles. The molecule has 4 aromatic rings. The first-order valence-electron chi connectivity index (χ1n) is 14.6. The van der Waals surface area contributed by atoms with E-state index in [1.54, 1.807) is 6.07 Å². The van der Waals surface area contributed by atoms with Crippen LogP contribution in [0.4, 0.5) is 24.1 Å². The Morgan fingerprint density at radius 1 is 1.12 bits per heavy atom. The van der Waals surface area contributed by atoms with Crippen molar-refractivity contribution in [3.05, 3.63) is 34.9 Å². The third kappa shape index (κ3) is 4.59. The maximum absolute atomic E-state index is 16.7. The van der Waals surface area contributed by atoms with Gasteiger partial charge in [0.15, 0.2) is 10.9 Å². The van der Waals surface area contributed by atoms with E-state index in [2.05, 4.69) is 30.4 Å². The summed E-state index contributed by atoms with van der Waals surface area (Å²) in [5.41, 5.74) is 6.13. The van der Waals surface area contributed by atoms with Gasteiger partial charge in [-0.15, -0.1) is 0 Å². The monoisotopic (exact) mass is 630 g/mol. The molecule has 2 aromatic heterocycles. The Labute approximate surface area is 254 Å². The Morgan fingerprint density at radius 2 is 1.93 bits per heavy atom. The number of aromatic nitrogens is 3. The second-order valence-corrected chi connectivity index (χ2v) is 13.5. The summed E-state index contributed by atoms with van der Waals surface area (Å²) in [5.74, 6) is -0.645. The quantitative estimate of drug-likeness (QED) is 0.300. The second kappa shape index (κ2) is 10.3. The molecule has 4 N–H and O–H groups in total. The average molecular weight is 631 g/mol. The highest BCUT2D eigenvalue weighted by molar-refractivity contribution is 7.22. The Balaban J connectivity index is 1.26. The minimum atomic E-state index is -0.903. The number of rotatable bonds is 5. The van der Waals surface area contributed by atoms with E-state index < -0.39 is 23.3 Å². The highest BCUT2D eigenvalue weighted by atomic mass is 35.5. The van der Waals surface area contributed by atoms with E-state index in [-0.39, 0.29) is 56.2 Å². The number of fused-ring (bicyclic) bond motifs is 5. The van der Waals surface area contributed by atoms with Gasteiger partial charge < -0.3 is 26.0 Å². The summed E-state index contributed by atoms with van der Waals surface area (Å²) in [7, 11) is 0. The van der Waals surface area contributed by atoms with Gasteiger partial charge in [0.2, 0.25) is 0 Å². The largest absolute Gasteiger partial charge is 0.461 e. The van der Waals surface area contributed by atoms with Crippen molar-refractivity contribution in [3.63, 3.8) is 0 Å². The van der Waals surface area contributed by atoms with Crippen LogP contribution in [0.15, 0.2) is 18.2 Å². The number of nitrogens with one attached hydrogen (secondary N) is 2. The summed E-state index contributed by atoms with van der Waals surface area (Å²) < 4.78 is 52.2. The van der Waals surface area contributed by atoms with Crippen LogP contribution in [0.25, 0.3) is 32.2 Å². The zero-order valence-electron chi connectivity index (χ0n) is 23.2. The van der Waals surface area contributed by atoms with Crippen molar-refractivity contribution in [2.24, 2.45) is 0 Å². The molecule has 9 nitrogen and oxygen atoms in total. The normalized spacial score (nSPS) is 27.3. The lowest BCUT2D eigenvalue weighted by Crippen LogP contribution is -2.66. The van der Waals surface area contributed by atoms with Crippen LogP contribution in [0.5, 0.6) is 6.01 Å². The molecule has 0 radical (unpaired) electrons. The number of hydrogen-bond acceptors (Lipinski definition) is 10. The summed E-state index contributed by atoms with van der Waals surface area (Å²) in [6.07, 6.45) is 1.29. The van der Waals surface area contributed by atoms with Crippen molar-refractivity contribution >= 4 is 55.0 Å². The van der Waals surface area contributed by atoms with Crippen LogP contribution in [0.1, 0.15) is 19.3 Å². The molecule has 4 atom stereocenters. The zero-order valence-corrected chi connectivity index (χ0v) is 24.7. The third-order valence-corrected chi connectivity index (χ3v) is 10.5. The van der Waals surface area contributed by atoms with Crippen LogP contribution >= 0.6 is 22.9 Å². The van der Waals surface area contributed by atoms with Gasteiger partial charge in [0.25, 0.3) is 0 Å². The predicted molar refractivity (Wildman–Crippen MR) is 162 cm³/mol. The highest BCUT2D eigenvalue weighted by Gasteiger charge is 2.49. The number of piperazine rings is 2. The predicted octanol–water partition coefficient (Wildman–Crippen LogP) is 4.13. The first-order chi connectivity index (χ1) is 20.8. The first kappa shape index (κ1) is 27.6. The van der Waals surface area contributed by atoms with E-state index in [9.17, 15) is 8.78 Å². The number of anilines is 2. The SMILES string of the molecule is Nc1nc2c(-c3c(Cl)cc4c(N5CC6CNCC(C5)N6)nc(OC[C@@]56CCCN5C[C@H](F)C6)nc4c3F)ccc(F)c2s1. The van der Waals surface area contributed by atoms with Crippen molar-refractivity contribution in [1.29, 1.82) is 0 Å². The van der Waals surface area contributed by atoms with Crippen LogP contribution < -0.4 is 26.0 Å². The molecule has 2 unspecified atom stereocenters. The summed E-state index contributed by atoms with van der Waals surface area (Å²) >= 11 is 7.79. The average Bonchev–Trinajstić information content (AvgIpc) is 3.64. The van der Waals surface area contributed by atoms with Crippen molar-refractivity contribution in [3.8, 4) is 17.1 Å². The summed E-state index contributed by atoms with van der Waals surface area (Å²) in [6.45, 7) is 4.34. The van der Waals surface area contributed by atoms with Gasteiger partial charge >= 0.3 is 6.01 Å². The smallest absolute Gasteiger partial charge is 0.319 e. The van der Waals surface area contributed by atoms with Crippen LogP contribution in [0.2, 0.25) is 5.02 Å². The molecule has 226 valence electrons. The lowest BCUT2D eigenvalue weighted by molar-refractivity contribution is 0.107. The molecule has 8 rings (SSSR count). The zero-order chi connectivity index (χ0) is 29.5. The Hall–Kier alpha value is -2.97. The van der Waals surface area contributed by atoms with E-state index in [0.717, 1.165) is 43.8 Å². The summed E-state index contributed by atoms with van der Waals surface area (Å²) in [5, 5.41) is 7.80. The lowest BCUT2D eigenvalue weighted by atomic mass is 9.95. The topological polar surface area (TPSA) is 104 Å². The van der Waals surface area contributed by atoms with E-state index in [4.69, 9.17) is 27.1 Å². The second-order valence-electron chi connectivity index (χ2n) is 12.1. The minimum absolute atomic E-state index is 0.0298. The number of benzene rings is 2. The van der Waals surface area contributed by atoms with Gasteiger partial charge in [-0.2, -0.15) is 9.97 Å². The number of halogens is 4. The molecule has 4 aliphatic rings. The Morgan fingerprint density at radius 3 is 2.74 bits per heavy atom. The first-order valence-corrected chi connectivity index (χ1v) is 15.8. The van der Waals surface area contributed by atoms with E-state index in [1.807, 2.05) is 0 Å². The number of alkyl halides is 1. The molecule has 0 amide bonds.